The third-order valence-corrected chi connectivity index (χ3v) is 7.57. The molecule has 2 amide bonds. The van der Waals surface area contributed by atoms with Crippen LogP contribution in [0.5, 0.6) is 0 Å². The maximum Gasteiger partial charge on any atom is 0.252 e. The summed E-state index contributed by atoms with van der Waals surface area (Å²) in [7, 11) is 0. The van der Waals surface area contributed by atoms with Crippen LogP contribution in [-0.4, -0.2) is 34.7 Å². The molecule has 0 spiro atoms. The topological polar surface area (TPSA) is 82.9 Å². The second-order valence-electron chi connectivity index (χ2n) is 8.01. The molecule has 186 valence electrons. The van der Waals surface area contributed by atoms with Crippen molar-refractivity contribution in [3.63, 3.8) is 0 Å². The lowest BCUT2D eigenvalue weighted by molar-refractivity contribution is -0.121. The van der Waals surface area contributed by atoms with Gasteiger partial charge in [-0.2, -0.15) is 10.2 Å². The average Bonchev–Trinajstić information content (AvgIpc) is 2.92. The Morgan fingerprint density at radius 1 is 0.667 bits per heavy atom. The van der Waals surface area contributed by atoms with Gasteiger partial charge in [-0.3, -0.25) is 9.59 Å². The van der Waals surface area contributed by atoms with Crippen LogP contribution in [0.25, 0.3) is 0 Å². The van der Waals surface area contributed by atoms with Crippen molar-refractivity contribution < 1.29 is 9.59 Å². The van der Waals surface area contributed by atoms with Crippen LogP contribution in [-0.2, 0) is 21.1 Å². The fraction of sp³-hybridized carbons (Fsp3) is 0.214. The smallest absolute Gasteiger partial charge is 0.252 e. The van der Waals surface area contributed by atoms with E-state index in [2.05, 4.69) is 21.1 Å². The standard InChI is InChI=1S/C28H30N4O2S2/c1-21(35-19-25-9-5-3-6-10-25)27(33)31-29-17-23-13-15-24(16-14-23)18-30-32-28(34)22(2)36-20-26-11-7-4-8-12-26/h3-18,21-22H,19-20H2,1-2H3,(H,31,33)(H,32,34)/b29-17+,30-18+. The van der Waals surface area contributed by atoms with Crippen LogP contribution in [0.2, 0.25) is 0 Å². The van der Waals surface area contributed by atoms with Crippen LogP contribution in [0.15, 0.2) is 95.1 Å². The summed E-state index contributed by atoms with van der Waals surface area (Å²) in [5.41, 5.74) is 9.24. The Morgan fingerprint density at radius 3 is 1.39 bits per heavy atom. The summed E-state index contributed by atoms with van der Waals surface area (Å²) >= 11 is 3.13. The molecule has 3 rings (SSSR count). The van der Waals surface area contributed by atoms with Crippen LogP contribution in [0.3, 0.4) is 0 Å². The van der Waals surface area contributed by atoms with Gasteiger partial charge < -0.3 is 0 Å². The van der Waals surface area contributed by atoms with Crippen molar-refractivity contribution in [1.82, 2.24) is 10.9 Å². The van der Waals surface area contributed by atoms with Gasteiger partial charge in [0.05, 0.1) is 22.9 Å². The van der Waals surface area contributed by atoms with Gasteiger partial charge in [-0.25, -0.2) is 10.9 Å². The quantitative estimate of drug-likeness (QED) is 0.254. The van der Waals surface area contributed by atoms with Crippen molar-refractivity contribution >= 4 is 47.8 Å². The molecule has 0 aromatic heterocycles. The monoisotopic (exact) mass is 518 g/mol. The fourth-order valence-electron chi connectivity index (χ4n) is 2.93. The van der Waals surface area contributed by atoms with E-state index in [0.29, 0.717) is 0 Å². The molecular formula is C28H30N4O2S2. The molecule has 0 radical (unpaired) electrons. The van der Waals surface area contributed by atoms with E-state index in [1.807, 2.05) is 98.8 Å². The van der Waals surface area contributed by atoms with Crippen molar-refractivity contribution in [3.05, 3.63) is 107 Å². The Balaban J connectivity index is 1.37. The fourth-order valence-corrected chi connectivity index (χ4v) is 4.61. The van der Waals surface area contributed by atoms with Gasteiger partial charge >= 0.3 is 0 Å². The zero-order chi connectivity index (χ0) is 25.6. The van der Waals surface area contributed by atoms with Gasteiger partial charge in [0, 0.05) is 11.5 Å². The summed E-state index contributed by atoms with van der Waals surface area (Å²) < 4.78 is 0. The number of hydrogen-bond acceptors (Lipinski definition) is 6. The third kappa shape index (κ3) is 9.71. The zero-order valence-corrected chi connectivity index (χ0v) is 22.0. The van der Waals surface area contributed by atoms with Crippen molar-refractivity contribution in [1.29, 1.82) is 0 Å². The van der Waals surface area contributed by atoms with Crippen LogP contribution in [0.1, 0.15) is 36.1 Å². The Bertz CT molecular complexity index is 1060. The maximum atomic E-state index is 12.2. The second-order valence-corrected chi connectivity index (χ2v) is 10.7. The SMILES string of the molecule is CC(SCc1ccccc1)C(=O)N/N=C/c1ccc(/C=N/NC(=O)C(C)SCc2ccccc2)cc1. The normalized spacial score (nSPS) is 12.9. The molecule has 0 aliphatic heterocycles. The molecule has 0 saturated heterocycles. The molecule has 0 heterocycles. The van der Waals surface area contributed by atoms with Gasteiger partial charge in [-0.05, 0) is 36.1 Å². The molecule has 36 heavy (non-hydrogen) atoms. The lowest BCUT2D eigenvalue weighted by Crippen LogP contribution is -2.27. The van der Waals surface area contributed by atoms with Gasteiger partial charge in [0.25, 0.3) is 11.8 Å². The first-order chi connectivity index (χ1) is 17.5. The Labute approximate surface area is 221 Å². The first-order valence-corrected chi connectivity index (χ1v) is 13.7. The van der Waals surface area contributed by atoms with E-state index in [1.165, 1.54) is 11.1 Å². The summed E-state index contributed by atoms with van der Waals surface area (Å²) in [5.74, 6) is 1.27. The van der Waals surface area contributed by atoms with Gasteiger partial charge in [0.15, 0.2) is 0 Å². The number of nitrogens with one attached hydrogen (secondary N) is 2. The molecule has 2 unspecified atom stereocenters. The van der Waals surface area contributed by atoms with E-state index < -0.39 is 0 Å². The minimum absolute atomic E-state index is 0.136. The molecule has 6 nitrogen and oxygen atoms in total. The Hall–Kier alpha value is -3.36. The Kier molecular flexibility index (Phi) is 11.3. The number of hydrogen-bond donors (Lipinski definition) is 2. The molecule has 3 aromatic carbocycles. The number of amides is 2. The number of benzene rings is 3. The summed E-state index contributed by atoms with van der Waals surface area (Å²) in [6.07, 6.45) is 3.20. The van der Waals surface area contributed by atoms with Crippen LogP contribution >= 0.6 is 23.5 Å². The lowest BCUT2D eigenvalue weighted by atomic mass is 10.2. The summed E-state index contributed by atoms with van der Waals surface area (Å²) in [6.45, 7) is 3.74. The highest BCUT2D eigenvalue weighted by Crippen LogP contribution is 2.18. The highest BCUT2D eigenvalue weighted by atomic mass is 32.2. The largest absolute Gasteiger partial charge is 0.272 e. The molecule has 2 N–H and O–H groups in total. The van der Waals surface area contributed by atoms with Gasteiger partial charge in [0.1, 0.15) is 0 Å². The number of hydrazone groups is 2. The van der Waals surface area contributed by atoms with Crippen LogP contribution in [0, 0.1) is 0 Å². The molecule has 0 saturated carbocycles. The molecule has 8 heteroatoms. The number of rotatable bonds is 12. The van der Waals surface area contributed by atoms with Gasteiger partial charge in [-0.15, -0.1) is 23.5 Å². The number of carbonyl (C=O) groups excluding carboxylic acids is 2. The Morgan fingerprint density at radius 2 is 1.03 bits per heavy atom. The zero-order valence-electron chi connectivity index (χ0n) is 20.3. The van der Waals surface area contributed by atoms with E-state index in [9.17, 15) is 9.59 Å². The third-order valence-electron chi connectivity index (χ3n) is 5.14. The molecule has 2 atom stereocenters. The summed E-state index contributed by atoms with van der Waals surface area (Å²) in [5, 5.41) is 7.70. The first kappa shape index (κ1) is 27.2. The molecule has 0 aliphatic carbocycles. The second kappa shape index (κ2) is 14.9. The van der Waals surface area contributed by atoms with Crippen LogP contribution < -0.4 is 10.9 Å². The predicted molar refractivity (Wildman–Crippen MR) is 152 cm³/mol. The number of thioether (sulfide) groups is 2. The van der Waals surface area contributed by atoms with E-state index in [-0.39, 0.29) is 22.3 Å². The number of nitrogens with zero attached hydrogens (tertiary/aromatic N) is 2. The van der Waals surface area contributed by atoms with E-state index in [1.54, 1.807) is 36.0 Å². The number of carbonyl (C=O) groups is 2. The maximum absolute atomic E-state index is 12.2. The minimum Gasteiger partial charge on any atom is -0.272 e. The van der Waals surface area contributed by atoms with Gasteiger partial charge in [-0.1, -0.05) is 84.9 Å². The summed E-state index contributed by atoms with van der Waals surface area (Å²) in [4.78, 5) is 24.5. The van der Waals surface area contributed by atoms with Gasteiger partial charge in [0.2, 0.25) is 0 Å². The van der Waals surface area contributed by atoms with E-state index in [4.69, 9.17) is 0 Å². The summed E-state index contributed by atoms with van der Waals surface area (Å²) in [6, 6.07) is 27.6. The van der Waals surface area contributed by atoms with Crippen LogP contribution in [0.4, 0.5) is 0 Å². The van der Waals surface area contributed by atoms with Crippen molar-refractivity contribution in [2.24, 2.45) is 10.2 Å². The van der Waals surface area contributed by atoms with Crippen molar-refractivity contribution in [2.75, 3.05) is 0 Å². The highest BCUT2D eigenvalue weighted by Gasteiger charge is 2.13. The predicted octanol–water partition coefficient (Wildman–Crippen LogP) is 5.23. The minimum atomic E-state index is -0.212. The van der Waals surface area contributed by atoms with Crippen molar-refractivity contribution in [2.45, 2.75) is 35.9 Å². The molecular weight excluding hydrogens is 488 g/mol. The molecule has 0 fully saturated rings. The van der Waals surface area contributed by atoms with E-state index in [0.717, 1.165) is 22.6 Å². The lowest BCUT2D eigenvalue weighted by Gasteiger charge is -2.09. The van der Waals surface area contributed by atoms with Crippen molar-refractivity contribution in [3.8, 4) is 0 Å². The molecule has 0 bridgehead atoms. The highest BCUT2D eigenvalue weighted by molar-refractivity contribution is 8.00. The molecule has 3 aromatic rings. The first-order valence-electron chi connectivity index (χ1n) is 11.6. The average molecular weight is 519 g/mol. The van der Waals surface area contributed by atoms with E-state index >= 15 is 0 Å². The molecule has 0 aliphatic rings.